The summed E-state index contributed by atoms with van der Waals surface area (Å²) in [7, 11) is 0. The summed E-state index contributed by atoms with van der Waals surface area (Å²) in [6, 6.07) is 6.56. The van der Waals surface area contributed by atoms with E-state index in [4.69, 9.17) is 5.26 Å². The molecule has 0 bridgehead atoms. The van der Waals surface area contributed by atoms with Crippen molar-refractivity contribution in [1.29, 1.82) is 5.26 Å². The van der Waals surface area contributed by atoms with Gasteiger partial charge in [-0.25, -0.2) is 4.98 Å². The van der Waals surface area contributed by atoms with Crippen LogP contribution in [0.15, 0.2) is 29.8 Å². The van der Waals surface area contributed by atoms with Crippen LogP contribution in [0.2, 0.25) is 0 Å². The monoisotopic (exact) mass is 315 g/mol. The van der Waals surface area contributed by atoms with Crippen molar-refractivity contribution in [3.8, 4) is 6.07 Å². The van der Waals surface area contributed by atoms with Crippen molar-refractivity contribution in [2.24, 2.45) is 0 Å². The van der Waals surface area contributed by atoms with Gasteiger partial charge in [-0.2, -0.15) is 5.26 Å². The summed E-state index contributed by atoms with van der Waals surface area (Å²) in [6.45, 7) is 2.91. The van der Waals surface area contributed by atoms with E-state index in [-0.39, 0.29) is 5.69 Å². The van der Waals surface area contributed by atoms with Crippen LogP contribution in [0.3, 0.4) is 0 Å². The molecule has 0 amide bonds. The fraction of sp³-hybridized carbons (Fsp3) is 0.286. The average Bonchev–Trinajstić information content (AvgIpc) is 3.09. The normalized spacial score (nSPS) is 14.7. The summed E-state index contributed by atoms with van der Waals surface area (Å²) in [5.41, 5.74) is 0.862. The van der Waals surface area contributed by atoms with Gasteiger partial charge in [0.1, 0.15) is 5.69 Å². The minimum absolute atomic E-state index is 0.0123. The van der Waals surface area contributed by atoms with E-state index in [1.807, 2.05) is 16.3 Å². The van der Waals surface area contributed by atoms with E-state index in [0.717, 1.165) is 18.2 Å². The van der Waals surface area contributed by atoms with Gasteiger partial charge in [-0.3, -0.25) is 10.1 Å². The summed E-state index contributed by atoms with van der Waals surface area (Å²) in [4.78, 5) is 19.3. The molecule has 0 atom stereocenters. The Hall–Kier alpha value is -2.66. The Morgan fingerprint density at radius 2 is 2.00 bits per heavy atom. The Bertz CT molecular complexity index is 717. The second-order valence-corrected chi connectivity index (χ2v) is 5.73. The van der Waals surface area contributed by atoms with Gasteiger partial charge in [0.25, 0.3) is 5.69 Å². The van der Waals surface area contributed by atoms with Gasteiger partial charge in [0, 0.05) is 43.8 Å². The number of piperazine rings is 1. The van der Waals surface area contributed by atoms with Crippen molar-refractivity contribution in [3.05, 3.63) is 45.5 Å². The highest BCUT2D eigenvalue weighted by molar-refractivity contribution is 7.13. The van der Waals surface area contributed by atoms with E-state index < -0.39 is 4.92 Å². The van der Waals surface area contributed by atoms with Crippen molar-refractivity contribution < 1.29 is 4.92 Å². The molecule has 22 heavy (non-hydrogen) atoms. The van der Waals surface area contributed by atoms with Gasteiger partial charge in [-0.15, -0.1) is 11.3 Å². The maximum Gasteiger partial charge on any atom is 0.293 e. The van der Waals surface area contributed by atoms with E-state index in [1.54, 1.807) is 29.7 Å². The van der Waals surface area contributed by atoms with Crippen LogP contribution in [0.1, 0.15) is 5.56 Å². The molecule has 0 aliphatic carbocycles. The molecule has 0 saturated carbocycles. The molecule has 1 aromatic carbocycles. The Labute approximate surface area is 131 Å². The second-order valence-electron chi connectivity index (χ2n) is 4.86. The van der Waals surface area contributed by atoms with Crippen molar-refractivity contribution in [2.45, 2.75) is 0 Å². The molecular weight excluding hydrogens is 302 g/mol. The zero-order valence-electron chi connectivity index (χ0n) is 11.7. The smallest absolute Gasteiger partial charge is 0.293 e. The van der Waals surface area contributed by atoms with Crippen LogP contribution in [0.4, 0.5) is 16.5 Å². The third-order valence-corrected chi connectivity index (χ3v) is 4.44. The highest BCUT2D eigenvalue weighted by atomic mass is 32.1. The van der Waals surface area contributed by atoms with Gasteiger partial charge in [0.15, 0.2) is 5.13 Å². The highest BCUT2D eigenvalue weighted by Crippen LogP contribution is 2.30. The third-order valence-electron chi connectivity index (χ3n) is 3.61. The Morgan fingerprint density at radius 1 is 1.27 bits per heavy atom. The lowest BCUT2D eigenvalue weighted by Crippen LogP contribution is -2.46. The zero-order chi connectivity index (χ0) is 15.5. The fourth-order valence-electron chi connectivity index (χ4n) is 2.52. The summed E-state index contributed by atoms with van der Waals surface area (Å²) in [5.74, 6) is 0. The van der Waals surface area contributed by atoms with Crippen LogP contribution in [0, 0.1) is 21.4 Å². The molecule has 8 heteroatoms. The van der Waals surface area contributed by atoms with Crippen LogP contribution >= 0.6 is 11.3 Å². The second kappa shape index (κ2) is 5.99. The number of nitriles is 1. The topological polar surface area (TPSA) is 86.3 Å². The largest absolute Gasteiger partial charge is 0.362 e. The molecule has 2 heterocycles. The zero-order valence-corrected chi connectivity index (χ0v) is 12.5. The van der Waals surface area contributed by atoms with E-state index in [1.165, 1.54) is 6.07 Å². The first-order valence-corrected chi connectivity index (χ1v) is 7.65. The van der Waals surface area contributed by atoms with Crippen LogP contribution in [0.25, 0.3) is 0 Å². The molecule has 0 unspecified atom stereocenters. The molecule has 0 N–H and O–H groups in total. The third kappa shape index (κ3) is 2.71. The Morgan fingerprint density at radius 3 is 2.59 bits per heavy atom. The number of nitro groups is 1. The molecule has 1 saturated heterocycles. The molecule has 0 spiro atoms. The van der Waals surface area contributed by atoms with Crippen LogP contribution in [-0.4, -0.2) is 36.1 Å². The summed E-state index contributed by atoms with van der Waals surface area (Å²) < 4.78 is 0. The molecule has 1 aromatic heterocycles. The number of hydrogen-bond donors (Lipinski definition) is 0. The van der Waals surface area contributed by atoms with Gasteiger partial charge < -0.3 is 9.80 Å². The molecule has 2 aromatic rings. The van der Waals surface area contributed by atoms with Gasteiger partial charge in [-0.1, -0.05) is 0 Å². The van der Waals surface area contributed by atoms with E-state index in [9.17, 15) is 10.1 Å². The van der Waals surface area contributed by atoms with E-state index in [0.29, 0.717) is 24.3 Å². The van der Waals surface area contributed by atoms with Crippen LogP contribution < -0.4 is 9.80 Å². The fourth-order valence-corrected chi connectivity index (χ4v) is 3.21. The number of benzene rings is 1. The summed E-state index contributed by atoms with van der Waals surface area (Å²) in [5, 5.41) is 23.0. The first-order chi connectivity index (χ1) is 10.7. The number of rotatable bonds is 3. The molecule has 112 valence electrons. The molecule has 0 radical (unpaired) electrons. The number of hydrogen-bond acceptors (Lipinski definition) is 7. The maximum absolute atomic E-state index is 11.2. The number of nitrogens with zero attached hydrogens (tertiary/aromatic N) is 5. The van der Waals surface area contributed by atoms with Gasteiger partial charge in [0.2, 0.25) is 0 Å². The van der Waals surface area contributed by atoms with E-state index >= 15 is 0 Å². The predicted molar refractivity (Wildman–Crippen MR) is 84.4 cm³/mol. The molecule has 1 fully saturated rings. The summed E-state index contributed by atoms with van der Waals surface area (Å²) >= 11 is 1.59. The Kier molecular flexibility index (Phi) is 3.89. The number of anilines is 2. The van der Waals surface area contributed by atoms with Crippen LogP contribution in [-0.2, 0) is 0 Å². The van der Waals surface area contributed by atoms with Gasteiger partial charge >= 0.3 is 0 Å². The molecule has 1 aliphatic rings. The molecule has 3 rings (SSSR count). The predicted octanol–water partition coefficient (Wildman–Crippen LogP) is 2.25. The number of thiazole rings is 1. The number of nitro benzene ring substituents is 1. The minimum Gasteiger partial charge on any atom is -0.362 e. The molecule has 1 aliphatic heterocycles. The van der Waals surface area contributed by atoms with Gasteiger partial charge in [-0.05, 0) is 12.1 Å². The average molecular weight is 315 g/mol. The highest BCUT2D eigenvalue weighted by Gasteiger charge is 2.24. The standard InChI is InChI=1S/C14H13N5O2S/c15-10-11-1-2-12(13(9-11)19(20)21)17-4-6-18(7-5-17)14-16-3-8-22-14/h1-3,8-9H,4-7H2. The van der Waals surface area contributed by atoms with Crippen molar-refractivity contribution >= 4 is 27.8 Å². The summed E-state index contributed by atoms with van der Waals surface area (Å²) in [6.07, 6.45) is 1.78. The van der Waals surface area contributed by atoms with E-state index in [2.05, 4.69) is 9.88 Å². The lowest BCUT2D eigenvalue weighted by Gasteiger charge is -2.35. The first-order valence-electron chi connectivity index (χ1n) is 6.77. The van der Waals surface area contributed by atoms with Gasteiger partial charge in [0.05, 0.1) is 16.6 Å². The Balaban J connectivity index is 1.79. The quantitative estimate of drug-likeness (QED) is 0.638. The molecular formula is C14H13N5O2S. The van der Waals surface area contributed by atoms with Crippen molar-refractivity contribution in [2.75, 3.05) is 36.0 Å². The lowest BCUT2D eigenvalue weighted by molar-refractivity contribution is -0.384. The molecule has 7 nitrogen and oxygen atoms in total. The first kappa shape index (κ1) is 14.3. The van der Waals surface area contributed by atoms with Crippen molar-refractivity contribution in [3.63, 3.8) is 0 Å². The minimum atomic E-state index is -0.427. The lowest BCUT2D eigenvalue weighted by atomic mass is 10.1. The van der Waals surface area contributed by atoms with Crippen molar-refractivity contribution in [1.82, 2.24) is 4.98 Å². The SMILES string of the molecule is N#Cc1ccc(N2CCN(c3nccs3)CC2)c([N+](=O)[O-])c1. The van der Waals surface area contributed by atoms with Crippen LogP contribution in [0.5, 0.6) is 0 Å². The maximum atomic E-state index is 11.2. The number of aromatic nitrogens is 1.